The minimum absolute atomic E-state index is 0.0103. The Labute approximate surface area is 156 Å². The number of sulfonamides is 1. The summed E-state index contributed by atoms with van der Waals surface area (Å²) in [5, 5.41) is 2.62. The number of hydrogen-bond donors (Lipinski definition) is 2. The zero-order valence-corrected chi connectivity index (χ0v) is 16.0. The molecule has 0 fully saturated rings. The van der Waals surface area contributed by atoms with E-state index in [-0.39, 0.29) is 10.8 Å². The van der Waals surface area contributed by atoms with Gasteiger partial charge in [-0.1, -0.05) is 0 Å². The fourth-order valence-electron chi connectivity index (χ4n) is 2.15. The van der Waals surface area contributed by atoms with Crippen molar-refractivity contribution in [1.82, 2.24) is 0 Å². The zero-order chi connectivity index (χ0) is 19.3. The van der Waals surface area contributed by atoms with E-state index in [9.17, 15) is 18.0 Å². The summed E-state index contributed by atoms with van der Waals surface area (Å²) in [4.78, 5) is 23.5. The molecular formula is C17H18N2O5S2. The van der Waals surface area contributed by atoms with Crippen molar-refractivity contribution in [1.29, 1.82) is 0 Å². The van der Waals surface area contributed by atoms with E-state index >= 15 is 0 Å². The number of carbonyl (C=O) groups excluding carboxylic acids is 2. The van der Waals surface area contributed by atoms with E-state index < -0.39 is 16.0 Å². The van der Waals surface area contributed by atoms with Crippen molar-refractivity contribution in [2.24, 2.45) is 0 Å². The van der Waals surface area contributed by atoms with Crippen molar-refractivity contribution in [3.8, 4) is 0 Å². The van der Waals surface area contributed by atoms with Crippen molar-refractivity contribution < 1.29 is 22.7 Å². The number of carbonyl (C=O) groups is 2. The first-order valence-electron chi connectivity index (χ1n) is 7.43. The van der Waals surface area contributed by atoms with Gasteiger partial charge in [0, 0.05) is 17.5 Å². The summed E-state index contributed by atoms with van der Waals surface area (Å²) >= 11 is 1.39. The van der Waals surface area contributed by atoms with Crippen molar-refractivity contribution in [3.63, 3.8) is 0 Å². The lowest BCUT2D eigenvalue weighted by Gasteiger charge is -2.12. The summed E-state index contributed by atoms with van der Waals surface area (Å²) in [5.41, 5.74) is 1.04. The van der Waals surface area contributed by atoms with Crippen molar-refractivity contribution >= 4 is 45.0 Å². The Bertz CT molecular complexity index is 925. The quantitative estimate of drug-likeness (QED) is 0.577. The second kappa shape index (κ2) is 8.24. The maximum absolute atomic E-state index is 12.6. The summed E-state index contributed by atoms with van der Waals surface area (Å²) in [6.45, 7) is 1.35. The van der Waals surface area contributed by atoms with Gasteiger partial charge < -0.3 is 10.1 Å². The molecule has 0 aliphatic carbocycles. The summed E-state index contributed by atoms with van der Waals surface area (Å²) in [6, 6.07) is 10.3. The Balaban J connectivity index is 2.29. The van der Waals surface area contributed by atoms with E-state index in [1.54, 1.807) is 6.07 Å². The van der Waals surface area contributed by atoms with Gasteiger partial charge in [-0.05, 0) is 48.7 Å². The van der Waals surface area contributed by atoms with Crippen LogP contribution >= 0.6 is 11.8 Å². The number of thioether (sulfide) groups is 1. The molecular weight excluding hydrogens is 376 g/mol. The number of esters is 1. The van der Waals surface area contributed by atoms with Gasteiger partial charge in [0.1, 0.15) is 0 Å². The number of anilines is 2. The van der Waals surface area contributed by atoms with E-state index in [0.717, 1.165) is 4.90 Å². The molecule has 0 saturated carbocycles. The highest BCUT2D eigenvalue weighted by molar-refractivity contribution is 7.98. The molecule has 26 heavy (non-hydrogen) atoms. The van der Waals surface area contributed by atoms with Crippen molar-refractivity contribution in [2.75, 3.05) is 23.4 Å². The smallest absolute Gasteiger partial charge is 0.337 e. The van der Waals surface area contributed by atoms with Crippen LogP contribution in [0.5, 0.6) is 0 Å². The topological polar surface area (TPSA) is 102 Å². The Hall–Kier alpha value is -2.52. The van der Waals surface area contributed by atoms with Gasteiger partial charge in [0.2, 0.25) is 5.91 Å². The van der Waals surface area contributed by atoms with Crippen LogP contribution in [0.3, 0.4) is 0 Å². The third-order valence-electron chi connectivity index (χ3n) is 3.35. The minimum atomic E-state index is -3.86. The summed E-state index contributed by atoms with van der Waals surface area (Å²) < 4.78 is 32.2. The molecule has 0 atom stereocenters. The van der Waals surface area contributed by atoms with Gasteiger partial charge in [0.05, 0.1) is 23.3 Å². The molecule has 0 spiro atoms. The predicted molar refractivity (Wildman–Crippen MR) is 101 cm³/mol. The first-order valence-corrected chi connectivity index (χ1v) is 10.1. The van der Waals surface area contributed by atoms with Crippen LogP contribution in [0.4, 0.5) is 11.4 Å². The molecule has 0 aromatic heterocycles. The largest absolute Gasteiger partial charge is 0.465 e. The third-order valence-corrected chi connectivity index (χ3v) is 5.52. The Morgan fingerprint density at radius 3 is 2.27 bits per heavy atom. The van der Waals surface area contributed by atoms with E-state index in [1.165, 1.54) is 62.2 Å². The SMILES string of the molecule is COC(=O)c1ccc(NS(=O)(=O)c2ccc(SC)c(NC(C)=O)c2)cc1. The molecule has 9 heteroatoms. The molecule has 2 rings (SSSR count). The molecule has 7 nitrogen and oxygen atoms in total. The number of benzene rings is 2. The summed E-state index contributed by atoms with van der Waals surface area (Å²) in [7, 11) is -2.59. The van der Waals surface area contributed by atoms with E-state index in [0.29, 0.717) is 16.9 Å². The van der Waals surface area contributed by atoms with Gasteiger partial charge in [-0.2, -0.15) is 0 Å². The monoisotopic (exact) mass is 394 g/mol. The number of nitrogens with one attached hydrogen (secondary N) is 2. The lowest BCUT2D eigenvalue weighted by atomic mass is 10.2. The minimum Gasteiger partial charge on any atom is -0.465 e. The summed E-state index contributed by atoms with van der Waals surface area (Å²) in [5.74, 6) is -0.798. The molecule has 1 amide bonds. The van der Waals surface area contributed by atoms with Gasteiger partial charge in [-0.25, -0.2) is 13.2 Å². The Kier molecular flexibility index (Phi) is 6.27. The van der Waals surface area contributed by atoms with Crippen LogP contribution in [-0.4, -0.2) is 33.7 Å². The van der Waals surface area contributed by atoms with E-state index in [1.807, 2.05) is 6.26 Å². The average Bonchev–Trinajstić information content (AvgIpc) is 2.60. The van der Waals surface area contributed by atoms with E-state index in [4.69, 9.17) is 0 Å². The second-order valence-corrected chi connectivity index (χ2v) is 7.75. The highest BCUT2D eigenvalue weighted by atomic mass is 32.2. The van der Waals surface area contributed by atoms with Crippen LogP contribution < -0.4 is 10.0 Å². The van der Waals surface area contributed by atoms with Gasteiger partial charge in [-0.3, -0.25) is 9.52 Å². The molecule has 138 valence electrons. The molecule has 0 radical (unpaired) electrons. The van der Waals surface area contributed by atoms with Crippen LogP contribution in [-0.2, 0) is 19.6 Å². The molecule has 0 aliphatic rings. The van der Waals surface area contributed by atoms with Gasteiger partial charge in [-0.15, -0.1) is 11.8 Å². The molecule has 0 bridgehead atoms. The number of hydrogen-bond acceptors (Lipinski definition) is 6. The van der Waals surface area contributed by atoms with Crippen LogP contribution in [0.1, 0.15) is 17.3 Å². The maximum atomic E-state index is 12.6. The molecule has 0 aliphatic heterocycles. The predicted octanol–water partition coefficient (Wildman–Crippen LogP) is 2.95. The lowest BCUT2D eigenvalue weighted by Crippen LogP contribution is -2.14. The number of amides is 1. The van der Waals surface area contributed by atoms with Crippen LogP contribution in [0.15, 0.2) is 52.3 Å². The maximum Gasteiger partial charge on any atom is 0.337 e. The molecule has 0 heterocycles. The number of methoxy groups -OCH3 is 1. The van der Waals surface area contributed by atoms with Crippen LogP contribution in [0, 0.1) is 0 Å². The highest BCUT2D eigenvalue weighted by Gasteiger charge is 2.17. The first-order chi connectivity index (χ1) is 12.3. The Morgan fingerprint density at radius 2 is 1.73 bits per heavy atom. The third kappa shape index (κ3) is 4.77. The lowest BCUT2D eigenvalue weighted by molar-refractivity contribution is -0.114. The molecule has 2 aromatic carbocycles. The van der Waals surface area contributed by atoms with E-state index in [2.05, 4.69) is 14.8 Å². The fraction of sp³-hybridized carbons (Fsp3) is 0.176. The van der Waals surface area contributed by atoms with Crippen LogP contribution in [0.2, 0.25) is 0 Å². The number of rotatable bonds is 6. The Morgan fingerprint density at radius 1 is 1.08 bits per heavy atom. The second-order valence-electron chi connectivity index (χ2n) is 5.22. The molecule has 2 N–H and O–H groups in total. The highest BCUT2D eigenvalue weighted by Crippen LogP contribution is 2.29. The average molecular weight is 394 g/mol. The van der Waals surface area contributed by atoms with Crippen molar-refractivity contribution in [2.45, 2.75) is 16.7 Å². The molecule has 2 aromatic rings. The normalized spacial score (nSPS) is 10.9. The number of ether oxygens (including phenoxy) is 1. The van der Waals surface area contributed by atoms with Gasteiger partial charge >= 0.3 is 5.97 Å². The van der Waals surface area contributed by atoms with Gasteiger partial charge in [0.25, 0.3) is 10.0 Å². The van der Waals surface area contributed by atoms with Crippen molar-refractivity contribution in [3.05, 3.63) is 48.0 Å². The zero-order valence-electron chi connectivity index (χ0n) is 14.4. The fourth-order valence-corrected chi connectivity index (χ4v) is 3.77. The standard InChI is InChI=1S/C17H18N2O5S2/c1-11(20)18-15-10-14(8-9-16(15)25-3)26(22,23)19-13-6-4-12(5-7-13)17(21)24-2/h4-10,19H,1-3H3,(H,18,20). The molecule has 0 saturated heterocycles. The van der Waals surface area contributed by atoms with Gasteiger partial charge in [0.15, 0.2) is 0 Å². The first kappa shape index (κ1) is 19.8. The summed E-state index contributed by atoms with van der Waals surface area (Å²) in [6.07, 6.45) is 1.83. The van der Waals surface area contributed by atoms with Crippen LogP contribution in [0.25, 0.3) is 0 Å². The molecule has 0 unspecified atom stereocenters.